The maximum Gasteiger partial charge on any atom is 0.244 e. The first-order valence-corrected chi connectivity index (χ1v) is 14.3. The van der Waals surface area contributed by atoms with Gasteiger partial charge in [-0.05, 0) is 55.7 Å². The summed E-state index contributed by atoms with van der Waals surface area (Å²) in [6.45, 7) is 1.25. The molecule has 1 aliphatic carbocycles. The number of anilines is 1. The van der Waals surface area contributed by atoms with E-state index in [9.17, 15) is 18.0 Å². The zero-order valence-corrected chi connectivity index (χ0v) is 22.9. The first-order chi connectivity index (χ1) is 17.0. The molecule has 1 fully saturated rings. The average Bonchev–Trinajstić information content (AvgIpc) is 3.35. The summed E-state index contributed by atoms with van der Waals surface area (Å²) in [4.78, 5) is 28.1. The van der Waals surface area contributed by atoms with Crippen molar-refractivity contribution in [3.05, 3.63) is 58.1 Å². The van der Waals surface area contributed by atoms with Crippen LogP contribution in [0, 0.1) is 0 Å². The fourth-order valence-electron chi connectivity index (χ4n) is 4.16. The molecule has 0 spiro atoms. The van der Waals surface area contributed by atoms with Gasteiger partial charge >= 0.3 is 0 Å². The molecular weight excluding hydrogens is 525 g/mol. The van der Waals surface area contributed by atoms with Crippen molar-refractivity contribution in [2.24, 2.45) is 0 Å². The number of methoxy groups -OCH3 is 1. The Morgan fingerprint density at radius 3 is 2.28 bits per heavy atom. The lowest BCUT2D eigenvalue weighted by Crippen LogP contribution is -2.52. The molecule has 0 saturated heterocycles. The number of carbonyl (C=O) groups excluding carboxylic acids is 2. The van der Waals surface area contributed by atoms with Crippen molar-refractivity contribution in [3.63, 3.8) is 0 Å². The number of ether oxygens (including phenoxy) is 1. The van der Waals surface area contributed by atoms with Crippen LogP contribution in [0.25, 0.3) is 0 Å². The molecule has 8 nitrogen and oxygen atoms in total. The monoisotopic (exact) mass is 555 g/mol. The van der Waals surface area contributed by atoms with Crippen LogP contribution in [0.3, 0.4) is 0 Å². The van der Waals surface area contributed by atoms with Crippen molar-refractivity contribution in [2.75, 3.05) is 24.2 Å². The van der Waals surface area contributed by atoms with Crippen molar-refractivity contribution in [1.29, 1.82) is 0 Å². The minimum Gasteiger partial charge on any atom is -0.497 e. The zero-order valence-electron chi connectivity index (χ0n) is 20.5. The van der Waals surface area contributed by atoms with Crippen LogP contribution in [-0.4, -0.2) is 57.1 Å². The van der Waals surface area contributed by atoms with E-state index in [1.165, 1.54) is 23.1 Å². The molecule has 1 N–H and O–H groups in total. The van der Waals surface area contributed by atoms with Gasteiger partial charge in [0.15, 0.2) is 0 Å². The van der Waals surface area contributed by atoms with E-state index in [1.54, 1.807) is 38.3 Å². The largest absolute Gasteiger partial charge is 0.497 e. The number of halogens is 2. The minimum absolute atomic E-state index is 0.0848. The highest BCUT2D eigenvalue weighted by molar-refractivity contribution is 7.92. The molecule has 0 unspecified atom stereocenters. The van der Waals surface area contributed by atoms with E-state index in [0.29, 0.717) is 5.75 Å². The maximum atomic E-state index is 13.6. The first-order valence-electron chi connectivity index (χ1n) is 11.6. The Labute approximate surface area is 222 Å². The molecule has 2 aromatic rings. The lowest BCUT2D eigenvalue weighted by atomic mass is 10.1. The standard InChI is InChI=1S/C25H31Cl2N3O5S/c1-17(25(32)28-19-6-4-5-7-19)29(15-18-8-11-21(35-2)12-9-18)24(31)16-30(36(3,33)34)20-10-13-22(26)23(27)14-20/h8-14,17,19H,4-7,15-16H2,1-3H3,(H,28,32)/t17-/m0/s1. The van der Waals surface area contributed by atoms with Crippen LogP contribution in [0.5, 0.6) is 5.75 Å². The lowest BCUT2D eigenvalue weighted by molar-refractivity contribution is -0.139. The van der Waals surface area contributed by atoms with E-state index in [1.807, 2.05) is 0 Å². The predicted octanol–water partition coefficient (Wildman–Crippen LogP) is 4.24. The van der Waals surface area contributed by atoms with Crippen LogP contribution in [-0.2, 0) is 26.2 Å². The van der Waals surface area contributed by atoms with E-state index in [2.05, 4.69) is 5.32 Å². The molecule has 1 atom stereocenters. The van der Waals surface area contributed by atoms with Crippen LogP contribution in [0.2, 0.25) is 10.0 Å². The normalized spacial score (nSPS) is 14.8. The summed E-state index contributed by atoms with van der Waals surface area (Å²) in [6.07, 6.45) is 4.93. The van der Waals surface area contributed by atoms with Crippen LogP contribution < -0.4 is 14.4 Å². The number of benzene rings is 2. The van der Waals surface area contributed by atoms with E-state index in [4.69, 9.17) is 27.9 Å². The molecule has 11 heteroatoms. The fourth-order valence-corrected chi connectivity index (χ4v) is 5.29. The summed E-state index contributed by atoms with van der Waals surface area (Å²) < 4.78 is 31.4. The van der Waals surface area contributed by atoms with Crippen LogP contribution in [0.1, 0.15) is 38.2 Å². The molecule has 0 aromatic heterocycles. The Morgan fingerprint density at radius 2 is 1.72 bits per heavy atom. The number of nitrogens with zero attached hydrogens (tertiary/aromatic N) is 2. The summed E-state index contributed by atoms with van der Waals surface area (Å²) >= 11 is 12.1. The number of hydrogen-bond acceptors (Lipinski definition) is 5. The number of rotatable bonds is 10. The summed E-state index contributed by atoms with van der Waals surface area (Å²) in [7, 11) is -2.30. The number of hydrogen-bond donors (Lipinski definition) is 1. The van der Waals surface area contributed by atoms with Gasteiger partial charge in [-0.3, -0.25) is 13.9 Å². The molecule has 3 rings (SSSR count). The van der Waals surface area contributed by atoms with E-state index in [-0.39, 0.29) is 34.2 Å². The van der Waals surface area contributed by atoms with Gasteiger partial charge in [0.25, 0.3) is 0 Å². The quantitative estimate of drug-likeness (QED) is 0.472. The van der Waals surface area contributed by atoms with Crippen molar-refractivity contribution < 1.29 is 22.7 Å². The third-order valence-corrected chi connectivity index (χ3v) is 8.13. The van der Waals surface area contributed by atoms with Gasteiger partial charge in [-0.15, -0.1) is 0 Å². The van der Waals surface area contributed by atoms with Crippen molar-refractivity contribution in [1.82, 2.24) is 10.2 Å². The molecule has 0 radical (unpaired) electrons. The van der Waals surface area contributed by atoms with Crippen LogP contribution in [0.15, 0.2) is 42.5 Å². The molecule has 1 aliphatic rings. The minimum atomic E-state index is -3.86. The van der Waals surface area contributed by atoms with Gasteiger partial charge in [0.1, 0.15) is 18.3 Å². The molecule has 196 valence electrons. The van der Waals surface area contributed by atoms with E-state index < -0.39 is 28.5 Å². The van der Waals surface area contributed by atoms with Crippen molar-refractivity contribution >= 4 is 50.7 Å². The van der Waals surface area contributed by atoms with E-state index in [0.717, 1.165) is 41.8 Å². The van der Waals surface area contributed by atoms with Gasteiger partial charge in [-0.1, -0.05) is 48.2 Å². The van der Waals surface area contributed by atoms with Gasteiger partial charge < -0.3 is 15.0 Å². The highest BCUT2D eigenvalue weighted by Crippen LogP contribution is 2.29. The third-order valence-electron chi connectivity index (χ3n) is 6.25. The van der Waals surface area contributed by atoms with E-state index >= 15 is 0 Å². The summed E-state index contributed by atoms with van der Waals surface area (Å²) in [6, 6.07) is 10.7. The molecular formula is C25H31Cl2N3O5S. The highest BCUT2D eigenvalue weighted by Gasteiger charge is 2.31. The second kappa shape index (κ2) is 12.2. The zero-order chi connectivity index (χ0) is 26.5. The van der Waals surface area contributed by atoms with Crippen LogP contribution >= 0.6 is 23.2 Å². The molecule has 0 aliphatic heterocycles. The molecule has 2 aromatic carbocycles. The lowest BCUT2D eigenvalue weighted by Gasteiger charge is -2.32. The van der Waals surface area contributed by atoms with Gasteiger partial charge in [0.05, 0.1) is 29.1 Å². The first kappa shape index (κ1) is 28.1. The molecule has 2 amide bonds. The topological polar surface area (TPSA) is 96.0 Å². The Kier molecular flexibility index (Phi) is 9.49. The Bertz CT molecular complexity index is 1180. The highest BCUT2D eigenvalue weighted by atomic mass is 35.5. The molecule has 36 heavy (non-hydrogen) atoms. The predicted molar refractivity (Wildman–Crippen MR) is 142 cm³/mol. The summed E-state index contributed by atoms with van der Waals surface area (Å²) in [5.41, 5.74) is 0.970. The van der Waals surface area contributed by atoms with Crippen molar-refractivity contribution in [3.8, 4) is 5.75 Å². The average molecular weight is 557 g/mol. The number of sulfonamides is 1. The number of amides is 2. The molecule has 1 saturated carbocycles. The van der Waals surface area contributed by atoms with Crippen LogP contribution in [0.4, 0.5) is 5.69 Å². The Hall–Kier alpha value is -2.49. The van der Waals surface area contributed by atoms with Gasteiger partial charge in [0.2, 0.25) is 21.8 Å². The van der Waals surface area contributed by atoms with Gasteiger partial charge in [-0.25, -0.2) is 8.42 Å². The Balaban J connectivity index is 1.88. The second-order valence-electron chi connectivity index (χ2n) is 8.90. The molecule has 0 bridgehead atoms. The fraction of sp³-hybridized carbons (Fsp3) is 0.440. The maximum absolute atomic E-state index is 13.6. The second-order valence-corrected chi connectivity index (χ2v) is 11.6. The van der Waals surface area contributed by atoms with Gasteiger partial charge in [-0.2, -0.15) is 0 Å². The summed E-state index contributed by atoms with van der Waals surface area (Å²) in [5.74, 6) is -0.146. The third kappa shape index (κ3) is 7.27. The molecule has 0 heterocycles. The Morgan fingerprint density at radius 1 is 1.08 bits per heavy atom. The number of carbonyl (C=O) groups is 2. The van der Waals surface area contributed by atoms with Crippen molar-refractivity contribution in [2.45, 2.75) is 51.2 Å². The number of nitrogens with one attached hydrogen (secondary N) is 1. The van der Waals surface area contributed by atoms with Gasteiger partial charge in [0, 0.05) is 12.6 Å². The SMILES string of the molecule is COc1ccc(CN(C(=O)CN(c2ccc(Cl)c(Cl)c2)S(C)(=O)=O)[C@@H](C)C(=O)NC2CCCC2)cc1. The smallest absolute Gasteiger partial charge is 0.244 e. The summed E-state index contributed by atoms with van der Waals surface area (Å²) in [5, 5.41) is 3.45.